The zero-order valence-electron chi connectivity index (χ0n) is 15.0. The van der Waals surface area contributed by atoms with Gasteiger partial charge in [0.1, 0.15) is 0 Å². The molecule has 0 saturated carbocycles. The Morgan fingerprint density at radius 3 is 2.88 bits per heavy atom. The third-order valence-corrected chi connectivity index (χ3v) is 5.18. The van der Waals surface area contributed by atoms with Gasteiger partial charge in [0.15, 0.2) is 0 Å². The van der Waals surface area contributed by atoms with E-state index < -0.39 is 0 Å². The van der Waals surface area contributed by atoms with Gasteiger partial charge in [-0.3, -0.25) is 4.79 Å². The van der Waals surface area contributed by atoms with Crippen molar-refractivity contribution in [2.24, 2.45) is 5.92 Å². The van der Waals surface area contributed by atoms with Crippen molar-refractivity contribution in [1.82, 2.24) is 15.3 Å². The van der Waals surface area contributed by atoms with Crippen molar-refractivity contribution < 1.29 is 4.79 Å². The average Bonchev–Trinajstić information content (AvgIpc) is 3.11. The molecular weight excluding hydrogens is 324 g/mol. The number of benzene rings is 2. The van der Waals surface area contributed by atoms with Gasteiger partial charge in [0.2, 0.25) is 11.9 Å². The first-order valence-electron chi connectivity index (χ1n) is 9.22. The molecule has 134 valence electrons. The zero-order valence-corrected chi connectivity index (χ0v) is 15.0. The van der Waals surface area contributed by atoms with Crippen LogP contribution in [0, 0.1) is 12.8 Å². The predicted molar refractivity (Wildman–Crippen MR) is 104 cm³/mol. The van der Waals surface area contributed by atoms with E-state index in [-0.39, 0.29) is 11.8 Å². The van der Waals surface area contributed by atoms with E-state index in [1.165, 1.54) is 11.1 Å². The second-order valence-corrected chi connectivity index (χ2v) is 7.01. The van der Waals surface area contributed by atoms with Crippen LogP contribution in [0.2, 0.25) is 0 Å². The maximum atomic E-state index is 12.7. The van der Waals surface area contributed by atoms with Crippen LogP contribution in [0.4, 0.5) is 5.95 Å². The number of nitrogens with zero attached hydrogens (tertiary/aromatic N) is 2. The lowest BCUT2D eigenvalue weighted by Crippen LogP contribution is -2.43. The fourth-order valence-electron chi connectivity index (χ4n) is 3.61. The molecule has 0 unspecified atom stereocenters. The number of rotatable bonds is 4. The van der Waals surface area contributed by atoms with Crippen molar-refractivity contribution >= 4 is 22.9 Å². The van der Waals surface area contributed by atoms with Crippen LogP contribution < -0.4 is 10.2 Å². The van der Waals surface area contributed by atoms with Crippen LogP contribution in [0.1, 0.15) is 24.0 Å². The predicted octanol–water partition coefficient (Wildman–Crippen LogP) is 3.40. The minimum Gasteiger partial charge on any atom is -0.352 e. The molecule has 0 radical (unpaired) electrons. The summed E-state index contributed by atoms with van der Waals surface area (Å²) in [7, 11) is 0. The monoisotopic (exact) mass is 348 g/mol. The normalized spacial score (nSPS) is 17.4. The smallest absolute Gasteiger partial charge is 0.225 e. The highest BCUT2D eigenvalue weighted by Crippen LogP contribution is 2.23. The second kappa shape index (κ2) is 7.20. The summed E-state index contributed by atoms with van der Waals surface area (Å²) in [5.41, 5.74) is 4.38. The summed E-state index contributed by atoms with van der Waals surface area (Å²) in [5, 5.41) is 3.11. The molecule has 3 aromatic rings. The number of piperidine rings is 1. The topological polar surface area (TPSA) is 61.0 Å². The number of H-pyrrole nitrogens is 1. The summed E-state index contributed by atoms with van der Waals surface area (Å²) >= 11 is 0. The van der Waals surface area contributed by atoms with Crippen LogP contribution in [0.25, 0.3) is 11.0 Å². The first-order valence-corrected chi connectivity index (χ1v) is 9.22. The van der Waals surface area contributed by atoms with Gasteiger partial charge in [-0.15, -0.1) is 0 Å². The molecule has 1 aliphatic rings. The Morgan fingerprint density at radius 1 is 1.23 bits per heavy atom. The molecule has 0 bridgehead atoms. The van der Waals surface area contributed by atoms with E-state index in [2.05, 4.69) is 39.2 Å². The minimum absolute atomic E-state index is 0.000908. The summed E-state index contributed by atoms with van der Waals surface area (Å²) in [4.78, 5) is 22.9. The van der Waals surface area contributed by atoms with Crippen LogP contribution in [-0.2, 0) is 11.3 Å². The van der Waals surface area contributed by atoms with Crippen LogP contribution in [-0.4, -0.2) is 29.0 Å². The number of anilines is 1. The highest BCUT2D eigenvalue weighted by atomic mass is 16.1. The Hall–Kier alpha value is -2.82. The number of amides is 1. The molecule has 5 nitrogen and oxygen atoms in total. The van der Waals surface area contributed by atoms with Crippen molar-refractivity contribution in [2.75, 3.05) is 18.0 Å². The van der Waals surface area contributed by atoms with Gasteiger partial charge >= 0.3 is 0 Å². The highest BCUT2D eigenvalue weighted by molar-refractivity contribution is 5.80. The van der Waals surface area contributed by atoms with Gasteiger partial charge in [0.05, 0.1) is 17.0 Å². The first kappa shape index (κ1) is 16.6. The van der Waals surface area contributed by atoms with E-state index in [9.17, 15) is 4.79 Å². The molecule has 1 atom stereocenters. The van der Waals surface area contributed by atoms with Crippen LogP contribution in [0.5, 0.6) is 0 Å². The molecule has 1 fully saturated rings. The standard InChI is InChI=1S/C21H24N4O/c1-15-7-2-3-8-16(15)13-22-20(26)17-9-6-12-25(14-17)21-23-18-10-4-5-11-19(18)24-21/h2-5,7-8,10-11,17H,6,9,12-14H2,1H3,(H,22,26)(H,23,24)/t17-/m1/s1. The van der Waals surface area contributed by atoms with E-state index in [1.54, 1.807) is 0 Å². The van der Waals surface area contributed by atoms with Gasteiger partial charge in [-0.25, -0.2) is 4.98 Å². The molecule has 1 aliphatic heterocycles. The fourth-order valence-corrected chi connectivity index (χ4v) is 3.61. The summed E-state index contributed by atoms with van der Waals surface area (Å²) in [6.45, 7) is 4.30. The van der Waals surface area contributed by atoms with E-state index in [0.717, 1.165) is 36.4 Å². The maximum Gasteiger partial charge on any atom is 0.225 e. The Labute approximate surface area is 153 Å². The number of imidazole rings is 1. The number of carbonyl (C=O) groups excluding carboxylic acids is 1. The summed E-state index contributed by atoms with van der Waals surface area (Å²) in [6.07, 6.45) is 1.93. The van der Waals surface area contributed by atoms with Gasteiger partial charge in [-0.2, -0.15) is 0 Å². The summed E-state index contributed by atoms with van der Waals surface area (Å²) in [5.74, 6) is 0.998. The van der Waals surface area contributed by atoms with E-state index >= 15 is 0 Å². The Morgan fingerprint density at radius 2 is 2.04 bits per heavy atom. The number of nitrogens with one attached hydrogen (secondary N) is 2. The van der Waals surface area contributed by atoms with Crippen molar-refractivity contribution in [2.45, 2.75) is 26.3 Å². The number of para-hydroxylation sites is 2. The van der Waals surface area contributed by atoms with Crippen LogP contribution >= 0.6 is 0 Å². The number of carbonyl (C=O) groups is 1. The molecule has 26 heavy (non-hydrogen) atoms. The number of fused-ring (bicyclic) bond motifs is 1. The summed E-state index contributed by atoms with van der Waals surface area (Å²) < 4.78 is 0. The maximum absolute atomic E-state index is 12.7. The Balaban J connectivity index is 1.41. The quantitative estimate of drug-likeness (QED) is 0.760. The Kier molecular flexibility index (Phi) is 4.61. The van der Waals surface area contributed by atoms with E-state index in [1.807, 2.05) is 36.4 Å². The van der Waals surface area contributed by atoms with Gasteiger partial charge < -0.3 is 15.2 Å². The minimum atomic E-state index is 0.000908. The number of hydrogen-bond donors (Lipinski definition) is 2. The van der Waals surface area contributed by atoms with Crippen LogP contribution in [0.3, 0.4) is 0 Å². The number of aromatic amines is 1. The van der Waals surface area contributed by atoms with Gasteiger partial charge in [-0.05, 0) is 43.0 Å². The largest absolute Gasteiger partial charge is 0.352 e. The van der Waals surface area contributed by atoms with E-state index in [0.29, 0.717) is 13.1 Å². The first-order chi connectivity index (χ1) is 12.7. The molecule has 1 amide bonds. The fraction of sp³-hybridized carbons (Fsp3) is 0.333. The molecule has 1 aromatic heterocycles. The van der Waals surface area contributed by atoms with Crippen molar-refractivity contribution in [3.05, 3.63) is 59.7 Å². The molecular formula is C21H24N4O. The highest BCUT2D eigenvalue weighted by Gasteiger charge is 2.27. The third-order valence-electron chi connectivity index (χ3n) is 5.18. The number of aromatic nitrogens is 2. The van der Waals surface area contributed by atoms with Crippen molar-refractivity contribution in [3.8, 4) is 0 Å². The van der Waals surface area contributed by atoms with Gasteiger partial charge in [-0.1, -0.05) is 36.4 Å². The lowest BCUT2D eigenvalue weighted by Gasteiger charge is -2.31. The third kappa shape index (κ3) is 3.43. The molecule has 4 rings (SSSR count). The second-order valence-electron chi connectivity index (χ2n) is 7.01. The molecule has 0 aliphatic carbocycles. The lowest BCUT2D eigenvalue weighted by molar-refractivity contribution is -0.125. The Bertz CT molecular complexity index is 884. The zero-order chi connectivity index (χ0) is 17.9. The molecule has 2 N–H and O–H groups in total. The van der Waals surface area contributed by atoms with Crippen molar-refractivity contribution in [3.63, 3.8) is 0 Å². The molecule has 5 heteroatoms. The van der Waals surface area contributed by atoms with E-state index in [4.69, 9.17) is 0 Å². The molecule has 2 aromatic carbocycles. The van der Waals surface area contributed by atoms with Gasteiger partial charge in [0, 0.05) is 19.6 Å². The lowest BCUT2D eigenvalue weighted by atomic mass is 9.97. The molecule has 0 spiro atoms. The summed E-state index contributed by atoms with van der Waals surface area (Å²) in [6, 6.07) is 16.2. The molecule has 1 saturated heterocycles. The molecule has 2 heterocycles. The van der Waals surface area contributed by atoms with Crippen LogP contribution in [0.15, 0.2) is 48.5 Å². The van der Waals surface area contributed by atoms with Gasteiger partial charge in [0.25, 0.3) is 0 Å². The number of aryl methyl sites for hydroxylation is 1. The average molecular weight is 348 g/mol. The van der Waals surface area contributed by atoms with Crippen molar-refractivity contribution in [1.29, 1.82) is 0 Å². The number of hydrogen-bond acceptors (Lipinski definition) is 3. The SMILES string of the molecule is Cc1ccccc1CNC(=O)[C@@H]1CCCN(c2nc3ccccc3[nH]2)C1.